The van der Waals surface area contributed by atoms with E-state index in [4.69, 9.17) is 0 Å². The second kappa shape index (κ2) is 3.93. The summed E-state index contributed by atoms with van der Waals surface area (Å²) in [6.45, 7) is 2.22. The number of aryl methyl sites for hydroxylation is 1. The van der Waals surface area contributed by atoms with Crippen LogP contribution in [0.4, 0.5) is 0 Å². The number of benzene rings is 1. The minimum atomic E-state index is 0.0881. The number of aliphatic hydroxyl groups is 1. The molecule has 0 amide bonds. The normalized spacial score (nSPS) is 11.1. The van der Waals surface area contributed by atoms with Crippen LogP contribution in [0.25, 0.3) is 10.1 Å². The van der Waals surface area contributed by atoms with Crippen LogP contribution >= 0.6 is 24.0 Å². The number of rotatable bonds is 2. The second-order valence-corrected chi connectivity index (χ2v) is 4.76. The van der Waals surface area contributed by atoms with Gasteiger partial charge in [0.25, 0.3) is 0 Å². The molecule has 1 aromatic carbocycles. The third kappa shape index (κ3) is 1.45. The van der Waals surface area contributed by atoms with Gasteiger partial charge in [-0.3, -0.25) is 0 Å². The topological polar surface area (TPSA) is 20.2 Å². The van der Waals surface area contributed by atoms with Gasteiger partial charge in [0.2, 0.25) is 0 Å². The molecule has 2 aromatic rings. The summed E-state index contributed by atoms with van der Waals surface area (Å²) < 4.78 is 1.22. The molecule has 1 nitrogen and oxygen atoms in total. The van der Waals surface area contributed by atoms with Crippen LogP contribution in [0.5, 0.6) is 0 Å². The molecule has 0 saturated carbocycles. The van der Waals surface area contributed by atoms with Crippen molar-refractivity contribution in [3.05, 3.63) is 28.6 Å². The third-order valence-corrected chi connectivity index (χ3v) is 4.28. The lowest BCUT2D eigenvalue weighted by Crippen LogP contribution is -1.83. The maximum absolute atomic E-state index is 9.21. The fourth-order valence-corrected chi connectivity index (χ4v) is 3.35. The lowest BCUT2D eigenvalue weighted by Gasteiger charge is -1.99. The van der Waals surface area contributed by atoms with E-state index < -0.39 is 0 Å². The summed E-state index contributed by atoms with van der Waals surface area (Å²) in [5.74, 6) is 0. The number of thiol groups is 1. The van der Waals surface area contributed by atoms with Crippen LogP contribution in [0.1, 0.15) is 17.4 Å². The summed E-state index contributed by atoms with van der Waals surface area (Å²) in [5.41, 5.74) is 0.975. The van der Waals surface area contributed by atoms with Gasteiger partial charge in [0.15, 0.2) is 0 Å². The van der Waals surface area contributed by atoms with Gasteiger partial charge < -0.3 is 5.11 Å². The molecular formula is C11H12OS2. The Morgan fingerprint density at radius 3 is 2.86 bits per heavy atom. The summed E-state index contributed by atoms with van der Waals surface area (Å²) in [7, 11) is 0. The molecule has 3 heteroatoms. The number of fused-ring (bicyclic) bond motifs is 1. The molecular weight excluding hydrogens is 212 g/mol. The first kappa shape index (κ1) is 10.0. The molecule has 0 aliphatic rings. The quantitative estimate of drug-likeness (QED) is 0.750. The molecule has 0 radical (unpaired) electrons. The van der Waals surface area contributed by atoms with Gasteiger partial charge in [-0.05, 0) is 18.1 Å². The van der Waals surface area contributed by atoms with E-state index in [2.05, 4.69) is 25.6 Å². The first-order chi connectivity index (χ1) is 6.77. The number of hydrogen-bond donors (Lipinski definition) is 2. The molecule has 0 unspecified atom stereocenters. The molecule has 0 fully saturated rings. The van der Waals surface area contributed by atoms with Crippen LogP contribution in [0.3, 0.4) is 0 Å². The maximum Gasteiger partial charge on any atom is 0.0688 e. The Morgan fingerprint density at radius 2 is 2.21 bits per heavy atom. The van der Waals surface area contributed by atoms with Crippen molar-refractivity contribution >= 4 is 34.1 Å². The molecule has 0 aliphatic carbocycles. The summed E-state index contributed by atoms with van der Waals surface area (Å²) in [5, 5.41) is 10.3. The van der Waals surface area contributed by atoms with Gasteiger partial charge in [-0.1, -0.05) is 19.1 Å². The summed E-state index contributed by atoms with van der Waals surface area (Å²) >= 11 is 6.28. The summed E-state index contributed by atoms with van der Waals surface area (Å²) in [6, 6.07) is 6.02. The second-order valence-electron chi connectivity index (χ2n) is 3.18. The zero-order chi connectivity index (χ0) is 10.1. The van der Waals surface area contributed by atoms with Crippen molar-refractivity contribution in [1.82, 2.24) is 0 Å². The average Bonchev–Trinajstić information content (AvgIpc) is 2.55. The van der Waals surface area contributed by atoms with Crippen molar-refractivity contribution in [2.75, 3.05) is 0 Å². The molecule has 0 atom stereocenters. The van der Waals surface area contributed by atoms with E-state index in [1.807, 2.05) is 12.1 Å². The SMILES string of the molecule is CCc1sc2cccc(CO)c2c1S. The van der Waals surface area contributed by atoms with E-state index >= 15 is 0 Å². The highest BCUT2D eigenvalue weighted by atomic mass is 32.1. The number of hydrogen-bond acceptors (Lipinski definition) is 3. The van der Waals surface area contributed by atoms with Crippen LogP contribution in [0.2, 0.25) is 0 Å². The van der Waals surface area contributed by atoms with E-state index in [0.29, 0.717) is 0 Å². The lowest BCUT2D eigenvalue weighted by molar-refractivity contribution is 0.283. The Kier molecular flexibility index (Phi) is 2.81. The van der Waals surface area contributed by atoms with Gasteiger partial charge in [-0.2, -0.15) is 0 Å². The first-order valence-corrected chi connectivity index (χ1v) is 5.87. The van der Waals surface area contributed by atoms with Gasteiger partial charge in [0.1, 0.15) is 0 Å². The Hall–Kier alpha value is -0.510. The molecule has 0 saturated heterocycles. The highest BCUT2D eigenvalue weighted by molar-refractivity contribution is 7.80. The van der Waals surface area contributed by atoms with E-state index in [0.717, 1.165) is 22.3 Å². The largest absolute Gasteiger partial charge is 0.392 e. The first-order valence-electron chi connectivity index (χ1n) is 4.61. The highest BCUT2D eigenvalue weighted by Crippen LogP contribution is 2.36. The predicted octanol–water partition coefficient (Wildman–Crippen LogP) is 3.24. The molecule has 2 rings (SSSR count). The minimum Gasteiger partial charge on any atom is -0.392 e. The van der Waals surface area contributed by atoms with Crippen molar-refractivity contribution < 1.29 is 5.11 Å². The van der Waals surface area contributed by atoms with Gasteiger partial charge in [-0.15, -0.1) is 24.0 Å². The Balaban J connectivity index is 2.79. The van der Waals surface area contributed by atoms with Crippen LogP contribution in [-0.4, -0.2) is 5.11 Å². The third-order valence-electron chi connectivity index (χ3n) is 2.34. The van der Waals surface area contributed by atoms with Crippen LogP contribution < -0.4 is 0 Å². The molecule has 1 heterocycles. The molecule has 0 aliphatic heterocycles. The molecule has 0 spiro atoms. The van der Waals surface area contributed by atoms with Gasteiger partial charge in [-0.25, -0.2) is 0 Å². The van der Waals surface area contributed by atoms with Crippen LogP contribution in [-0.2, 0) is 13.0 Å². The Labute approximate surface area is 92.8 Å². The number of thiophene rings is 1. The maximum atomic E-state index is 9.21. The summed E-state index contributed by atoms with van der Waals surface area (Å²) in [6.07, 6.45) is 1.00. The monoisotopic (exact) mass is 224 g/mol. The van der Waals surface area contributed by atoms with E-state index in [-0.39, 0.29) is 6.61 Å². The van der Waals surface area contributed by atoms with Crippen LogP contribution in [0, 0.1) is 0 Å². The molecule has 74 valence electrons. The van der Waals surface area contributed by atoms with E-state index in [1.165, 1.54) is 9.58 Å². The zero-order valence-corrected chi connectivity index (χ0v) is 9.66. The molecule has 1 aromatic heterocycles. The smallest absolute Gasteiger partial charge is 0.0688 e. The van der Waals surface area contributed by atoms with Gasteiger partial charge in [0, 0.05) is 19.9 Å². The van der Waals surface area contributed by atoms with Crippen molar-refractivity contribution in [2.45, 2.75) is 24.8 Å². The van der Waals surface area contributed by atoms with Crippen molar-refractivity contribution in [3.63, 3.8) is 0 Å². The Bertz CT molecular complexity index is 460. The highest BCUT2D eigenvalue weighted by Gasteiger charge is 2.10. The van der Waals surface area contributed by atoms with E-state index in [9.17, 15) is 5.11 Å². The minimum absolute atomic E-state index is 0.0881. The molecule has 1 N–H and O–H groups in total. The predicted molar refractivity (Wildman–Crippen MR) is 64.4 cm³/mol. The van der Waals surface area contributed by atoms with Gasteiger partial charge >= 0.3 is 0 Å². The number of aliphatic hydroxyl groups excluding tert-OH is 1. The van der Waals surface area contributed by atoms with Crippen molar-refractivity contribution in [2.24, 2.45) is 0 Å². The van der Waals surface area contributed by atoms with Gasteiger partial charge in [0.05, 0.1) is 6.61 Å². The fourth-order valence-electron chi connectivity index (χ4n) is 1.62. The average molecular weight is 224 g/mol. The van der Waals surface area contributed by atoms with Crippen molar-refractivity contribution in [1.29, 1.82) is 0 Å². The zero-order valence-electron chi connectivity index (χ0n) is 7.95. The summed E-state index contributed by atoms with van der Waals surface area (Å²) in [4.78, 5) is 2.33. The molecule has 14 heavy (non-hydrogen) atoms. The molecule has 0 bridgehead atoms. The Morgan fingerprint density at radius 1 is 1.43 bits per heavy atom. The van der Waals surface area contributed by atoms with Crippen molar-refractivity contribution in [3.8, 4) is 0 Å². The standard InChI is InChI=1S/C11H12OS2/c1-2-8-11(13)10-7(6-12)4-3-5-9(10)14-8/h3-5,12-13H,2,6H2,1H3. The van der Waals surface area contributed by atoms with Crippen LogP contribution in [0.15, 0.2) is 23.1 Å². The lowest BCUT2D eigenvalue weighted by atomic mass is 10.1. The fraction of sp³-hybridized carbons (Fsp3) is 0.273. The van der Waals surface area contributed by atoms with E-state index in [1.54, 1.807) is 11.3 Å².